The van der Waals surface area contributed by atoms with E-state index in [4.69, 9.17) is 15.9 Å². The highest BCUT2D eigenvalue weighted by atomic mass is 16.5. The number of likely N-dealkylation sites (N-methyl/N-ethyl adjacent to an activating group) is 1. The van der Waals surface area contributed by atoms with Gasteiger partial charge in [0, 0.05) is 26.4 Å². The second-order valence-corrected chi connectivity index (χ2v) is 3.36. The molecular formula is C11H18N4O. The summed E-state index contributed by atoms with van der Waals surface area (Å²) < 4.78 is 5.05. The van der Waals surface area contributed by atoms with E-state index in [0.717, 1.165) is 18.8 Å². The fourth-order valence-electron chi connectivity index (χ4n) is 1.51. The topological polar surface area (TPSA) is 75.2 Å². The lowest BCUT2D eigenvalue weighted by atomic mass is 10.2. The zero-order chi connectivity index (χ0) is 12.0. The van der Waals surface area contributed by atoms with Crippen molar-refractivity contribution in [2.45, 2.75) is 6.92 Å². The lowest BCUT2D eigenvalue weighted by Gasteiger charge is -2.24. The summed E-state index contributed by atoms with van der Waals surface area (Å²) in [7, 11) is 1.67. The molecule has 0 aromatic carbocycles. The largest absolute Gasteiger partial charge is 0.383 e. The molecule has 1 heterocycles. The maximum absolute atomic E-state index is 7.48. The van der Waals surface area contributed by atoms with Crippen molar-refractivity contribution in [3.63, 3.8) is 0 Å². The van der Waals surface area contributed by atoms with Crippen molar-refractivity contribution in [1.29, 1.82) is 5.41 Å². The summed E-state index contributed by atoms with van der Waals surface area (Å²) in [4.78, 5) is 6.21. The van der Waals surface area contributed by atoms with Gasteiger partial charge in [0.25, 0.3) is 0 Å². The van der Waals surface area contributed by atoms with Crippen molar-refractivity contribution in [2.75, 3.05) is 31.7 Å². The molecule has 1 aromatic heterocycles. The van der Waals surface area contributed by atoms with Crippen LogP contribution in [0.3, 0.4) is 0 Å². The number of methoxy groups -OCH3 is 1. The SMILES string of the molecule is CCN(CCOC)c1cccnc1C(=N)N. The molecule has 0 aliphatic carbocycles. The van der Waals surface area contributed by atoms with E-state index < -0.39 is 0 Å². The Morgan fingerprint density at radius 1 is 1.62 bits per heavy atom. The van der Waals surface area contributed by atoms with Crippen LogP contribution in [0, 0.1) is 5.41 Å². The zero-order valence-electron chi connectivity index (χ0n) is 9.73. The maximum atomic E-state index is 7.48. The predicted octanol–water partition coefficient (Wildman–Crippen LogP) is 0.838. The Morgan fingerprint density at radius 3 is 2.94 bits per heavy atom. The number of hydrogen-bond acceptors (Lipinski definition) is 4. The summed E-state index contributed by atoms with van der Waals surface area (Å²) in [6, 6.07) is 3.76. The third-order valence-corrected chi connectivity index (χ3v) is 2.33. The van der Waals surface area contributed by atoms with E-state index in [1.54, 1.807) is 13.3 Å². The Bertz CT molecular complexity index is 354. The fraction of sp³-hybridized carbons (Fsp3) is 0.455. The highest BCUT2D eigenvalue weighted by Crippen LogP contribution is 2.17. The number of pyridine rings is 1. The van der Waals surface area contributed by atoms with E-state index in [1.807, 2.05) is 19.1 Å². The highest BCUT2D eigenvalue weighted by molar-refractivity contribution is 5.98. The lowest BCUT2D eigenvalue weighted by molar-refractivity contribution is 0.205. The van der Waals surface area contributed by atoms with Gasteiger partial charge in [0.2, 0.25) is 0 Å². The van der Waals surface area contributed by atoms with Crippen LogP contribution in [-0.4, -0.2) is 37.6 Å². The number of nitrogen functional groups attached to an aromatic ring is 1. The quantitative estimate of drug-likeness (QED) is 0.552. The first-order chi connectivity index (χ1) is 7.70. The van der Waals surface area contributed by atoms with E-state index in [-0.39, 0.29) is 5.84 Å². The molecule has 5 nitrogen and oxygen atoms in total. The first-order valence-corrected chi connectivity index (χ1v) is 5.24. The molecule has 0 fully saturated rings. The van der Waals surface area contributed by atoms with Gasteiger partial charge in [-0.25, -0.2) is 0 Å². The van der Waals surface area contributed by atoms with Crippen molar-refractivity contribution >= 4 is 11.5 Å². The minimum atomic E-state index is -0.00790. The molecule has 5 heteroatoms. The minimum Gasteiger partial charge on any atom is -0.383 e. The van der Waals surface area contributed by atoms with Crippen molar-refractivity contribution in [2.24, 2.45) is 5.73 Å². The number of hydrogen-bond donors (Lipinski definition) is 2. The molecule has 0 saturated heterocycles. The Balaban J connectivity index is 2.94. The average Bonchev–Trinajstić information content (AvgIpc) is 2.30. The monoisotopic (exact) mass is 222 g/mol. The molecule has 0 spiro atoms. The number of ether oxygens (including phenoxy) is 1. The second kappa shape index (κ2) is 6.07. The minimum absolute atomic E-state index is 0.00790. The van der Waals surface area contributed by atoms with Gasteiger partial charge in [-0.3, -0.25) is 10.4 Å². The maximum Gasteiger partial charge on any atom is 0.143 e. The molecule has 3 N–H and O–H groups in total. The first kappa shape index (κ1) is 12.4. The van der Waals surface area contributed by atoms with Crippen LogP contribution < -0.4 is 10.6 Å². The number of rotatable bonds is 6. The van der Waals surface area contributed by atoms with Crippen LogP contribution in [0.4, 0.5) is 5.69 Å². The third-order valence-electron chi connectivity index (χ3n) is 2.33. The molecule has 0 atom stereocenters. The molecule has 1 rings (SSSR count). The number of aromatic nitrogens is 1. The van der Waals surface area contributed by atoms with Gasteiger partial charge in [-0.1, -0.05) is 0 Å². The van der Waals surface area contributed by atoms with E-state index in [9.17, 15) is 0 Å². The number of anilines is 1. The van der Waals surface area contributed by atoms with Gasteiger partial charge in [-0.05, 0) is 19.1 Å². The van der Waals surface area contributed by atoms with Crippen LogP contribution in [0.1, 0.15) is 12.6 Å². The Morgan fingerprint density at radius 2 is 2.38 bits per heavy atom. The number of nitrogens with zero attached hydrogens (tertiary/aromatic N) is 2. The zero-order valence-corrected chi connectivity index (χ0v) is 9.73. The summed E-state index contributed by atoms with van der Waals surface area (Å²) in [6.07, 6.45) is 1.64. The smallest absolute Gasteiger partial charge is 0.143 e. The summed E-state index contributed by atoms with van der Waals surface area (Å²) in [5.74, 6) is -0.00790. The van der Waals surface area contributed by atoms with Gasteiger partial charge >= 0.3 is 0 Å². The Labute approximate surface area is 95.7 Å². The van der Waals surface area contributed by atoms with Gasteiger partial charge in [0.05, 0.1) is 12.3 Å². The van der Waals surface area contributed by atoms with Crippen LogP contribution in [0.25, 0.3) is 0 Å². The molecule has 16 heavy (non-hydrogen) atoms. The van der Waals surface area contributed by atoms with Gasteiger partial charge in [-0.15, -0.1) is 0 Å². The van der Waals surface area contributed by atoms with Gasteiger partial charge in [0.1, 0.15) is 11.5 Å². The fourth-order valence-corrected chi connectivity index (χ4v) is 1.51. The van der Waals surface area contributed by atoms with Crippen LogP contribution in [0.2, 0.25) is 0 Å². The number of amidine groups is 1. The molecule has 0 aliphatic heterocycles. The van der Waals surface area contributed by atoms with E-state index in [0.29, 0.717) is 12.3 Å². The van der Waals surface area contributed by atoms with Crippen molar-refractivity contribution in [1.82, 2.24) is 4.98 Å². The average molecular weight is 222 g/mol. The molecule has 0 saturated carbocycles. The standard InChI is InChI=1S/C11H18N4O/c1-3-15(7-8-16-2)9-5-4-6-14-10(9)11(12)13/h4-6H,3,7-8H2,1-2H3,(H3,12,13). The highest BCUT2D eigenvalue weighted by Gasteiger charge is 2.11. The molecule has 88 valence electrons. The molecule has 0 aliphatic rings. The van der Waals surface area contributed by atoms with Crippen molar-refractivity contribution < 1.29 is 4.74 Å². The number of nitrogens with two attached hydrogens (primary N) is 1. The van der Waals surface area contributed by atoms with E-state index >= 15 is 0 Å². The van der Waals surface area contributed by atoms with E-state index in [1.165, 1.54) is 0 Å². The molecule has 0 radical (unpaired) electrons. The summed E-state index contributed by atoms with van der Waals surface area (Å²) >= 11 is 0. The second-order valence-electron chi connectivity index (χ2n) is 3.36. The first-order valence-electron chi connectivity index (χ1n) is 5.24. The molecular weight excluding hydrogens is 204 g/mol. The molecule has 1 aromatic rings. The normalized spacial score (nSPS) is 10.1. The van der Waals surface area contributed by atoms with Crippen LogP contribution in [0.5, 0.6) is 0 Å². The summed E-state index contributed by atoms with van der Waals surface area (Å²) in [5.41, 5.74) is 6.91. The molecule has 0 amide bonds. The molecule has 0 bridgehead atoms. The van der Waals surface area contributed by atoms with Crippen LogP contribution in [0.15, 0.2) is 18.3 Å². The lowest BCUT2D eigenvalue weighted by Crippen LogP contribution is -2.30. The summed E-state index contributed by atoms with van der Waals surface area (Å²) in [5, 5.41) is 7.48. The van der Waals surface area contributed by atoms with Gasteiger partial charge < -0.3 is 15.4 Å². The summed E-state index contributed by atoms with van der Waals surface area (Å²) in [6.45, 7) is 4.28. The van der Waals surface area contributed by atoms with Gasteiger partial charge in [-0.2, -0.15) is 0 Å². The van der Waals surface area contributed by atoms with Crippen LogP contribution in [-0.2, 0) is 4.74 Å². The third kappa shape index (κ3) is 2.93. The van der Waals surface area contributed by atoms with Gasteiger partial charge in [0.15, 0.2) is 0 Å². The Kier molecular flexibility index (Phi) is 4.72. The molecule has 0 unspecified atom stereocenters. The van der Waals surface area contributed by atoms with Crippen LogP contribution >= 0.6 is 0 Å². The van der Waals surface area contributed by atoms with Crippen molar-refractivity contribution in [3.05, 3.63) is 24.0 Å². The number of nitrogens with one attached hydrogen (secondary N) is 1. The Hall–Kier alpha value is -1.62. The van der Waals surface area contributed by atoms with E-state index in [2.05, 4.69) is 9.88 Å². The predicted molar refractivity (Wildman–Crippen MR) is 65.0 cm³/mol. The van der Waals surface area contributed by atoms with Crippen molar-refractivity contribution in [3.8, 4) is 0 Å².